The number of hydrogen-bond donors (Lipinski definition) is 1. The number of ether oxygens (including phenoxy) is 1. The van der Waals surface area contributed by atoms with Crippen LogP contribution < -0.4 is 10.1 Å². The van der Waals surface area contributed by atoms with Crippen molar-refractivity contribution in [2.24, 2.45) is 0 Å². The molecule has 0 saturated heterocycles. The van der Waals surface area contributed by atoms with E-state index in [0.717, 1.165) is 11.3 Å². The van der Waals surface area contributed by atoms with Crippen molar-refractivity contribution in [3.05, 3.63) is 47.2 Å². The minimum absolute atomic E-state index is 0.0363. The van der Waals surface area contributed by atoms with Crippen molar-refractivity contribution < 1.29 is 4.74 Å². The predicted molar refractivity (Wildman–Crippen MR) is 76.5 cm³/mol. The molecule has 5 nitrogen and oxygen atoms in total. The molecule has 0 radical (unpaired) electrons. The summed E-state index contributed by atoms with van der Waals surface area (Å²) < 4.78 is 5.13. The van der Waals surface area contributed by atoms with Crippen molar-refractivity contribution in [3.8, 4) is 11.9 Å². The fraction of sp³-hybridized carbons (Fsp3) is 0.267. The summed E-state index contributed by atoms with van der Waals surface area (Å²) in [6, 6.07) is 11.3. The number of anilines is 1. The lowest BCUT2D eigenvalue weighted by molar-refractivity contribution is 0.397. The lowest BCUT2D eigenvalue weighted by Crippen LogP contribution is -2.10. The van der Waals surface area contributed by atoms with E-state index in [4.69, 9.17) is 10.00 Å². The molecule has 0 aliphatic carbocycles. The molecule has 1 heterocycles. The number of aryl methyl sites for hydroxylation is 1. The summed E-state index contributed by atoms with van der Waals surface area (Å²) in [5.74, 6) is 1.06. The number of rotatable bonds is 4. The average molecular weight is 268 g/mol. The quantitative estimate of drug-likeness (QED) is 0.923. The standard InChI is InChI=1S/C15H16N4O/c1-10-8-14(20-3)19-15(17-10)18-11(2)13-6-4-12(9-16)5-7-13/h4-8,11H,1-3H3,(H,17,18,19). The zero-order valence-corrected chi connectivity index (χ0v) is 11.7. The highest BCUT2D eigenvalue weighted by atomic mass is 16.5. The molecule has 102 valence electrons. The van der Waals surface area contributed by atoms with Gasteiger partial charge in [0.25, 0.3) is 0 Å². The third-order valence-electron chi connectivity index (χ3n) is 2.93. The van der Waals surface area contributed by atoms with E-state index in [1.807, 2.05) is 26.0 Å². The van der Waals surface area contributed by atoms with E-state index in [1.54, 1.807) is 25.3 Å². The van der Waals surface area contributed by atoms with Crippen LogP contribution in [-0.4, -0.2) is 17.1 Å². The first-order chi connectivity index (χ1) is 9.62. The Balaban J connectivity index is 2.16. The molecule has 0 saturated carbocycles. The van der Waals surface area contributed by atoms with Crippen molar-refractivity contribution in [3.63, 3.8) is 0 Å². The van der Waals surface area contributed by atoms with Gasteiger partial charge >= 0.3 is 0 Å². The fourth-order valence-electron chi connectivity index (χ4n) is 1.83. The number of benzene rings is 1. The summed E-state index contributed by atoms with van der Waals surface area (Å²) >= 11 is 0. The Morgan fingerprint density at radius 3 is 2.55 bits per heavy atom. The molecule has 0 fully saturated rings. The van der Waals surface area contributed by atoms with Gasteiger partial charge in [-0.3, -0.25) is 0 Å². The second kappa shape index (κ2) is 6.02. The van der Waals surface area contributed by atoms with Crippen molar-refractivity contribution in [2.45, 2.75) is 19.9 Å². The molecule has 2 aromatic rings. The van der Waals surface area contributed by atoms with Crippen LogP contribution in [-0.2, 0) is 0 Å². The molecule has 0 spiro atoms. The van der Waals surface area contributed by atoms with Gasteiger partial charge < -0.3 is 10.1 Å². The van der Waals surface area contributed by atoms with Gasteiger partial charge in [0.05, 0.1) is 24.8 Å². The maximum absolute atomic E-state index is 8.79. The SMILES string of the molecule is COc1cc(C)nc(NC(C)c2ccc(C#N)cc2)n1. The summed E-state index contributed by atoms with van der Waals surface area (Å²) in [6.45, 7) is 3.90. The van der Waals surface area contributed by atoms with Crippen molar-refractivity contribution in [2.75, 3.05) is 12.4 Å². The molecular formula is C15H16N4O. The van der Waals surface area contributed by atoms with Gasteiger partial charge in [0, 0.05) is 11.8 Å². The van der Waals surface area contributed by atoms with Crippen molar-refractivity contribution in [1.82, 2.24) is 9.97 Å². The Kier molecular flexibility index (Phi) is 4.16. The van der Waals surface area contributed by atoms with Crippen LogP contribution >= 0.6 is 0 Å². The molecule has 5 heteroatoms. The number of hydrogen-bond acceptors (Lipinski definition) is 5. The highest BCUT2D eigenvalue weighted by molar-refractivity contribution is 5.37. The van der Waals surface area contributed by atoms with Crippen LogP contribution in [0.15, 0.2) is 30.3 Å². The molecule has 1 N–H and O–H groups in total. The first kappa shape index (κ1) is 13.8. The van der Waals surface area contributed by atoms with Crippen LogP contribution in [0.3, 0.4) is 0 Å². The lowest BCUT2D eigenvalue weighted by Gasteiger charge is -2.15. The highest BCUT2D eigenvalue weighted by Crippen LogP contribution is 2.19. The van der Waals surface area contributed by atoms with Gasteiger partial charge in [0.1, 0.15) is 0 Å². The van der Waals surface area contributed by atoms with Gasteiger partial charge in [-0.05, 0) is 31.5 Å². The number of methoxy groups -OCH3 is 1. The van der Waals surface area contributed by atoms with Gasteiger partial charge in [-0.25, -0.2) is 4.98 Å². The molecule has 0 bridgehead atoms. The van der Waals surface area contributed by atoms with Crippen molar-refractivity contribution >= 4 is 5.95 Å². The van der Waals surface area contributed by atoms with E-state index in [9.17, 15) is 0 Å². The molecule has 0 aliphatic heterocycles. The predicted octanol–water partition coefficient (Wildman–Crippen LogP) is 2.84. The van der Waals surface area contributed by atoms with Crippen LogP contribution in [0.5, 0.6) is 5.88 Å². The molecule has 0 aliphatic rings. The van der Waals surface area contributed by atoms with Gasteiger partial charge in [-0.1, -0.05) is 12.1 Å². The second-order valence-electron chi connectivity index (χ2n) is 4.48. The van der Waals surface area contributed by atoms with Gasteiger partial charge in [0.2, 0.25) is 11.8 Å². The number of nitrogens with zero attached hydrogens (tertiary/aromatic N) is 3. The van der Waals surface area contributed by atoms with Gasteiger partial charge in [-0.2, -0.15) is 10.2 Å². The Labute approximate surface area is 118 Å². The number of aromatic nitrogens is 2. The molecule has 1 aromatic carbocycles. The Morgan fingerprint density at radius 2 is 1.95 bits per heavy atom. The summed E-state index contributed by atoms with van der Waals surface area (Å²) in [4.78, 5) is 8.58. The van der Waals surface area contributed by atoms with E-state index in [2.05, 4.69) is 21.4 Å². The molecule has 1 unspecified atom stereocenters. The normalized spacial score (nSPS) is 11.5. The first-order valence-corrected chi connectivity index (χ1v) is 6.28. The third kappa shape index (κ3) is 3.23. The van der Waals surface area contributed by atoms with Crippen LogP contribution in [0, 0.1) is 18.3 Å². The fourth-order valence-corrected chi connectivity index (χ4v) is 1.83. The first-order valence-electron chi connectivity index (χ1n) is 6.28. The minimum Gasteiger partial charge on any atom is -0.481 e. The zero-order chi connectivity index (χ0) is 14.5. The van der Waals surface area contributed by atoms with Gasteiger partial charge in [-0.15, -0.1) is 0 Å². The topological polar surface area (TPSA) is 70.8 Å². The van der Waals surface area contributed by atoms with Crippen LogP contribution in [0.25, 0.3) is 0 Å². The van der Waals surface area contributed by atoms with Crippen LogP contribution in [0.4, 0.5) is 5.95 Å². The number of nitriles is 1. The van der Waals surface area contributed by atoms with E-state index in [0.29, 0.717) is 17.4 Å². The Bertz CT molecular complexity index is 631. The Morgan fingerprint density at radius 1 is 1.25 bits per heavy atom. The molecule has 0 amide bonds. The zero-order valence-electron chi connectivity index (χ0n) is 11.7. The third-order valence-corrected chi connectivity index (χ3v) is 2.93. The summed E-state index contributed by atoms with van der Waals surface area (Å²) in [6.07, 6.45) is 0. The average Bonchev–Trinajstić information content (AvgIpc) is 2.46. The van der Waals surface area contributed by atoms with Crippen LogP contribution in [0.2, 0.25) is 0 Å². The van der Waals surface area contributed by atoms with E-state index in [1.165, 1.54) is 0 Å². The van der Waals surface area contributed by atoms with Gasteiger partial charge in [0.15, 0.2) is 0 Å². The highest BCUT2D eigenvalue weighted by Gasteiger charge is 2.08. The monoisotopic (exact) mass is 268 g/mol. The van der Waals surface area contributed by atoms with E-state index < -0.39 is 0 Å². The van der Waals surface area contributed by atoms with Crippen molar-refractivity contribution in [1.29, 1.82) is 5.26 Å². The maximum Gasteiger partial charge on any atom is 0.226 e. The minimum atomic E-state index is 0.0363. The second-order valence-corrected chi connectivity index (χ2v) is 4.48. The maximum atomic E-state index is 8.79. The number of nitrogens with one attached hydrogen (secondary N) is 1. The molecule has 1 aromatic heterocycles. The van der Waals surface area contributed by atoms with E-state index in [-0.39, 0.29) is 6.04 Å². The summed E-state index contributed by atoms with van der Waals surface area (Å²) in [5, 5.41) is 12.0. The van der Waals surface area contributed by atoms with E-state index >= 15 is 0 Å². The lowest BCUT2D eigenvalue weighted by atomic mass is 10.1. The molecule has 20 heavy (non-hydrogen) atoms. The molecular weight excluding hydrogens is 252 g/mol. The Hall–Kier alpha value is -2.61. The summed E-state index contributed by atoms with van der Waals surface area (Å²) in [5.41, 5.74) is 2.55. The molecule has 2 rings (SSSR count). The van der Waals surface area contributed by atoms with Crippen LogP contribution in [0.1, 0.15) is 29.8 Å². The smallest absolute Gasteiger partial charge is 0.226 e. The molecule has 1 atom stereocenters. The largest absolute Gasteiger partial charge is 0.481 e. The summed E-state index contributed by atoms with van der Waals surface area (Å²) in [7, 11) is 1.58.